The molecule has 1 atom stereocenters. The van der Waals surface area contributed by atoms with E-state index in [0.29, 0.717) is 19.3 Å². The largest absolute Gasteiger partial charge is 0.462 e. The summed E-state index contributed by atoms with van der Waals surface area (Å²) in [6.07, 6.45) is 71.8. The molecule has 0 saturated carbocycles. The van der Waals surface area contributed by atoms with Gasteiger partial charge in [0.25, 0.3) is 0 Å². The van der Waals surface area contributed by atoms with Crippen LogP contribution in [0, 0.1) is 0 Å². The summed E-state index contributed by atoms with van der Waals surface area (Å²) in [5.74, 6) is -0.983. The van der Waals surface area contributed by atoms with Crippen LogP contribution in [0.1, 0.15) is 213 Å². The van der Waals surface area contributed by atoms with E-state index >= 15 is 0 Å². The fraction of sp³-hybridized carbons (Fsp3) is 0.610. The first-order valence-electron chi connectivity index (χ1n) is 26.1. The van der Waals surface area contributed by atoms with Crippen LogP contribution in [0.3, 0.4) is 0 Å². The van der Waals surface area contributed by atoms with E-state index in [-0.39, 0.29) is 31.1 Å². The molecule has 0 aromatic heterocycles. The van der Waals surface area contributed by atoms with Gasteiger partial charge < -0.3 is 14.2 Å². The lowest BCUT2D eigenvalue weighted by Gasteiger charge is -2.18. The summed E-state index contributed by atoms with van der Waals surface area (Å²) in [7, 11) is 0. The molecule has 0 amide bonds. The first-order chi connectivity index (χ1) is 32.0. The number of hydrogen-bond donors (Lipinski definition) is 0. The van der Waals surface area contributed by atoms with Crippen LogP contribution < -0.4 is 0 Å². The van der Waals surface area contributed by atoms with Gasteiger partial charge >= 0.3 is 17.9 Å². The van der Waals surface area contributed by atoms with Crippen molar-refractivity contribution in [3.63, 3.8) is 0 Å². The Morgan fingerprint density at radius 1 is 0.338 bits per heavy atom. The van der Waals surface area contributed by atoms with Crippen LogP contribution in [0.2, 0.25) is 0 Å². The van der Waals surface area contributed by atoms with E-state index in [1.165, 1.54) is 70.6 Å². The first kappa shape index (κ1) is 60.8. The molecule has 0 rings (SSSR count). The van der Waals surface area contributed by atoms with E-state index in [9.17, 15) is 14.4 Å². The van der Waals surface area contributed by atoms with Crippen molar-refractivity contribution in [2.75, 3.05) is 13.2 Å². The van der Waals surface area contributed by atoms with Gasteiger partial charge in [0.05, 0.1) is 0 Å². The minimum Gasteiger partial charge on any atom is -0.462 e. The third-order valence-corrected chi connectivity index (χ3v) is 10.6. The van der Waals surface area contributed by atoms with Gasteiger partial charge in [0.2, 0.25) is 0 Å². The molecule has 0 bridgehead atoms. The molecule has 0 fully saturated rings. The Balaban J connectivity index is 4.54. The van der Waals surface area contributed by atoms with Crippen LogP contribution in [0.15, 0.2) is 122 Å². The van der Waals surface area contributed by atoms with Crippen LogP contribution in [0.5, 0.6) is 0 Å². The van der Waals surface area contributed by atoms with Crippen molar-refractivity contribution in [3.8, 4) is 0 Å². The zero-order valence-corrected chi connectivity index (χ0v) is 41.7. The average molecular weight is 899 g/mol. The summed E-state index contributed by atoms with van der Waals surface area (Å²) < 4.78 is 16.7. The smallest absolute Gasteiger partial charge is 0.306 e. The lowest BCUT2D eigenvalue weighted by atomic mass is 10.1. The number of hydrogen-bond acceptors (Lipinski definition) is 6. The number of rotatable bonds is 45. The van der Waals surface area contributed by atoms with E-state index in [4.69, 9.17) is 14.2 Å². The maximum absolute atomic E-state index is 12.8. The molecule has 366 valence electrons. The first-order valence-corrected chi connectivity index (χ1v) is 26.1. The van der Waals surface area contributed by atoms with Crippen molar-refractivity contribution in [1.82, 2.24) is 0 Å². The summed E-state index contributed by atoms with van der Waals surface area (Å²) in [6, 6.07) is 0. The van der Waals surface area contributed by atoms with E-state index in [0.717, 1.165) is 103 Å². The fourth-order valence-corrected chi connectivity index (χ4v) is 6.75. The SMILES string of the molecule is CC\C=C/C=C\C=C/C=C\C=C\C=C/C=C\CCCCCC(=O)OCC(COC(=O)CCCCC/C=C\CCCCCCCCC)OC(=O)CCCCCCCCC/C=C\C/C=C\CC. The van der Waals surface area contributed by atoms with Crippen molar-refractivity contribution >= 4 is 17.9 Å². The summed E-state index contributed by atoms with van der Waals surface area (Å²) >= 11 is 0. The Bertz CT molecular complexity index is 1400. The highest BCUT2D eigenvalue weighted by molar-refractivity contribution is 5.71. The van der Waals surface area contributed by atoms with E-state index < -0.39 is 6.10 Å². The minimum atomic E-state index is -0.810. The molecule has 1 unspecified atom stereocenters. The van der Waals surface area contributed by atoms with Gasteiger partial charge in [-0.2, -0.15) is 0 Å². The van der Waals surface area contributed by atoms with Gasteiger partial charge in [0.15, 0.2) is 6.10 Å². The van der Waals surface area contributed by atoms with Crippen LogP contribution in [0.25, 0.3) is 0 Å². The van der Waals surface area contributed by atoms with Crippen LogP contribution >= 0.6 is 0 Å². The molecule has 0 aromatic carbocycles. The molecular formula is C59H94O6. The highest BCUT2D eigenvalue weighted by atomic mass is 16.6. The molecule has 0 spiro atoms. The monoisotopic (exact) mass is 899 g/mol. The normalized spacial score (nSPS) is 13.1. The molecule has 0 N–H and O–H groups in total. The maximum Gasteiger partial charge on any atom is 0.306 e. The molecular weight excluding hydrogens is 805 g/mol. The van der Waals surface area contributed by atoms with Gasteiger partial charge in [0, 0.05) is 19.3 Å². The van der Waals surface area contributed by atoms with Gasteiger partial charge in [-0.15, -0.1) is 0 Å². The molecule has 0 aliphatic heterocycles. The van der Waals surface area contributed by atoms with Gasteiger partial charge in [0.1, 0.15) is 13.2 Å². The number of carbonyl (C=O) groups is 3. The van der Waals surface area contributed by atoms with Crippen molar-refractivity contribution in [2.24, 2.45) is 0 Å². The maximum atomic E-state index is 12.8. The fourth-order valence-electron chi connectivity index (χ4n) is 6.75. The van der Waals surface area contributed by atoms with Gasteiger partial charge in [-0.1, -0.05) is 226 Å². The summed E-state index contributed by atoms with van der Waals surface area (Å²) in [5, 5.41) is 0. The van der Waals surface area contributed by atoms with Crippen LogP contribution in [-0.4, -0.2) is 37.2 Å². The number of ether oxygens (including phenoxy) is 3. The molecule has 0 saturated heterocycles. The van der Waals surface area contributed by atoms with Gasteiger partial charge in [-0.05, 0) is 89.9 Å². The predicted octanol–water partition coefficient (Wildman–Crippen LogP) is 17.3. The van der Waals surface area contributed by atoms with Crippen molar-refractivity contribution in [2.45, 2.75) is 219 Å². The lowest BCUT2D eigenvalue weighted by molar-refractivity contribution is -0.167. The van der Waals surface area contributed by atoms with E-state index in [1.807, 2.05) is 72.9 Å². The van der Waals surface area contributed by atoms with Crippen LogP contribution in [0.4, 0.5) is 0 Å². The summed E-state index contributed by atoms with van der Waals surface area (Å²) in [5.41, 5.74) is 0. The molecule has 0 heterocycles. The van der Waals surface area contributed by atoms with Gasteiger partial charge in [-0.3, -0.25) is 14.4 Å². The Morgan fingerprint density at radius 3 is 1.14 bits per heavy atom. The van der Waals surface area contributed by atoms with Crippen LogP contribution in [-0.2, 0) is 28.6 Å². The quantitative estimate of drug-likeness (QED) is 0.0199. The van der Waals surface area contributed by atoms with Crippen molar-refractivity contribution in [1.29, 1.82) is 0 Å². The highest BCUT2D eigenvalue weighted by Crippen LogP contribution is 2.13. The zero-order valence-electron chi connectivity index (χ0n) is 41.7. The third-order valence-electron chi connectivity index (χ3n) is 10.6. The Kier molecular flexibility index (Phi) is 49.1. The van der Waals surface area contributed by atoms with Crippen molar-refractivity contribution < 1.29 is 28.6 Å². The summed E-state index contributed by atoms with van der Waals surface area (Å²) in [6.45, 7) is 6.31. The zero-order chi connectivity index (χ0) is 47.2. The Labute approximate surface area is 399 Å². The number of allylic oxidation sites excluding steroid dienone is 20. The van der Waals surface area contributed by atoms with E-state index in [2.05, 4.69) is 69.4 Å². The second kappa shape index (κ2) is 52.4. The Hall–Kier alpha value is -4.19. The highest BCUT2D eigenvalue weighted by Gasteiger charge is 2.19. The van der Waals surface area contributed by atoms with Crippen molar-refractivity contribution in [3.05, 3.63) is 122 Å². The van der Waals surface area contributed by atoms with Gasteiger partial charge in [-0.25, -0.2) is 0 Å². The predicted molar refractivity (Wildman–Crippen MR) is 279 cm³/mol. The minimum absolute atomic E-state index is 0.107. The number of carbonyl (C=O) groups excluding carboxylic acids is 3. The molecule has 65 heavy (non-hydrogen) atoms. The molecule has 0 aliphatic rings. The molecule has 6 nitrogen and oxygen atoms in total. The lowest BCUT2D eigenvalue weighted by Crippen LogP contribution is -2.30. The Morgan fingerprint density at radius 2 is 0.677 bits per heavy atom. The number of unbranched alkanes of at least 4 members (excludes halogenated alkanes) is 20. The molecule has 0 radical (unpaired) electrons. The third kappa shape index (κ3) is 50.7. The second-order valence-corrected chi connectivity index (χ2v) is 16.8. The average Bonchev–Trinajstić information content (AvgIpc) is 3.30. The standard InChI is InChI=1S/C59H94O6/c1-4-7-10-13-16-19-22-25-28-29-30-31-32-35-37-40-43-46-49-52-58(61)64-55-56(65-59(62)53-50-47-44-41-38-34-27-24-21-18-15-12-9-6-3)54-63-57(60)51-48-45-42-39-36-33-26-23-20-17-14-11-8-5-2/h7,9-10,12-13,16,18-19,21-22,25,28-33,35-37,56H,4-6,8,11,14-15,17,20,23-24,26-27,34,38-55H2,1-3H3/b10-7-,12-9-,16-13-,21-18-,22-19-,28-25-,30-29+,32-31-,36-33-,37-35-. The second-order valence-electron chi connectivity index (χ2n) is 16.8. The molecule has 6 heteroatoms. The molecule has 0 aromatic rings. The molecule has 0 aliphatic carbocycles. The topological polar surface area (TPSA) is 78.9 Å². The summed E-state index contributed by atoms with van der Waals surface area (Å²) in [4.78, 5) is 38.0. The van der Waals surface area contributed by atoms with E-state index in [1.54, 1.807) is 0 Å². The number of esters is 3.